The molecule has 1 saturated heterocycles. The third-order valence-corrected chi connectivity index (χ3v) is 4.77. The lowest BCUT2D eigenvalue weighted by atomic mass is 10.1. The number of likely N-dealkylation sites (N-methyl/N-ethyl adjacent to an activating group) is 1. The molecular formula is C20H20N2O3. The van der Waals surface area contributed by atoms with Gasteiger partial charge in [-0.3, -0.25) is 4.79 Å². The molecule has 2 aromatic carbocycles. The molecule has 1 fully saturated rings. The maximum absolute atomic E-state index is 12.3. The van der Waals surface area contributed by atoms with Gasteiger partial charge < -0.3 is 19.3 Å². The van der Waals surface area contributed by atoms with Gasteiger partial charge in [0.2, 0.25) is 11.2 Å². The van der Waals surface area contributed by atoms with Crippen LogP contribution in [0.1, 0.15) is 0 Å². The monoisotopic (exact) mass is 336 g/mol. The molecule has 1 aliphatic heterocycles. The van der Waals surface area contributed by atoms with Gasteiger partial charge in [-0.25, -0.2) is 0 Å². The third kappa shape index (κ3) is 2.87. The zero-order valence-electron chi connectivity index (χ0n) is 14.1. The number of piperazine rings is 1. The van der Waals surface area contributed by atoms with Gasteiger partial charge in [-0.05, 0) is 43.4 Å². The smallest absolute Gasteiger partial charge is 0.235 e. The molecule has 3 aromatic rings. The van der Waals surface area contributed by atoms with E-state index >= 15 is 0 Å². The topological polar surface area (TPSA) is 56.9 Å². The highest BCUT2D eigenvalue weighted by molar-refractivity contribution is 5.81. The van der Waals surface area contributed by atoms with Crippen LogP contribution in [0.2, 0.25) is 0 Å². The van der Waals surface area contributed by atoms with Crippen molar-refractivity contribution >= 4 is 16.7 Å². The van der Waals surface area contributed by atoms with Crippen LogP contribution in [-0.2, 0) is 0 Å². The van der Waals surface area contributed by atoms with Crippen molar-refractivity contribution in [1.29, 1.82) is 0 Å². The van der Waals surface area contributed by atoms with Gasteiger partial charge in [-0.15, -0.1) is 0 Å². The van der Waals surface area contributed by atoms with E-state index in [1.54, 1.807) is 18.2 Å². The average Bonchev–Trinajstić information content (AvgIpc) is 2.65. The Hall–Kier alpha value is -2.79. The summed E-state index contributed by atoms with van der Waals surface area (Å²) in [7, 11) is 2.13. The van der Waals surface area contributed by atoms with E-state index in [1.807, 2.05) is 30.3 Å². The summed E-state index contributed by atoms with van der Waals surface area (Å²) in [6, 6.07) is 14.7. The number of hydrogen-bond acceptors (Lipinski definition) is 5. The summed E-state index contributed by atoms with van der Waals surface area (Å²) in [6.45, 7) is 4.07. The van der Waals surface area contributed by atoms with Crippen molar-refractivity contribution in [2.45, 2.75) is 0 Å². The molecule has 0 spiro atoms. The van der Waals surface area contributed by atoms with Crippen LogP contribution in [0, 0.1) is 0 Å². The Bertz CT molecular complexity index is 955. The molecule has 5 nitrogen and oxygen atoms in total. The van der Waals surface area contributed by atoms with Crippen molar-refractivity contribution in [1.82, 2.24) is 4.90 Å². The van der Waals surface area contributed by atoms with E-state index in [1.165, 1.54) is 0 Å². The fraction of sp³-hybridized carbons (Fsp3) is 0.250. The van der Waals surface area contributed by atoms with Crippen LogP contribution in [0.25, 0.3) is 22.3 Å². The van der Waals surface area contributed by atoms with Gasteiger partial charge in [0.15, 0.2) is 5.76 Å². The molecule has 0 unspecified atom stereocenters. The lowest BCUT2D eigenvalue weighted by Crippen LogP contribution is -2.44. The summed E-state index contributed by atoms with van der Waals surface area (Å²) in [4.78, 5) is 17.0. The lowest BCUT2D eigenvalue weighted by Gasteiger charge is -2.34. The van der Waals surface area contributed by atoms with Crippen molar-refractivity contribution < 1.29 is 9.52 Å². The Kier molecular flexibility index (Phi) is 3.93. The predicted octanol–water partition coefficient (Wildman–Crippen LogP) is 2.92. The summed E-state index contributed by atoms with van der Waals surface area (Å²) in [6.07, 6.45) is 0. The highest BCUT2D eigenvalue weighted by Gasteiger charge is 2.17. The molecule has 25 heavy (non-hydrogen) atoms. The predicted molar refractivity (Wildman–Crippen MR) is 99.3 cm³/mol. The molecule has 4 rings (SSSR count). The van der Waals surface area contributed by atoms with Crippen molar-refractivity contribution in [2.75, 3.05) is 38.1 Å². The van der Waals surface area contributed by atoms with Gasteiger partial charge >= 0.3 is 0 Å². The molecule has 0 amide bonds. The Morgan fingerprint density at radius 3 is 2.36 bits per heavy atom. The van der Waals surface area contributed by atoms with Gasteiger partial charge in [-0.1, -0.05) is 12.1 Å². The number of para-hydroxylation sites is 1. The van der Waals surface area contributed by atoms with E-state index in [9.17, 15) is 9.90 Å². The van der Waals surface area contributed by atoms with Gasteiger partial charge in [0.1, 0.15) is 5.58 Å². The molecule has 1 N–H and O–H groups in total. The Morgan fingerprint density at radius 2 is 1.64 bits per heavy atom. The van der Waals surface area contributed by atoms with E-state index in [0.29, 0.717) is 16.5 Å². The summed E-state index contributed by atoms with van der Waals surface area (Å²) >= 11 is 0. The number of rotatable bonds is 2. The molecule has 0 saturated carbocycles. The first-order valence-corrected chi connectivity index (χ1v) is 8.42. The van der Waals surface area contributed by atoms with Gasteiger partial charge in [0.25, 0.3) is 0 Å². The number of hydrogen-bond donors (Lipinski definition) is 1. The molecule has 0 aliphatic carbocycles. The van der Waals surface area contributed by atoms with E-state index < -0.39 is 5.43 Å². The Morgan fingerprint density at radius 1 is 0.960 bits per heavy atom. The first kappa shape index (κ1) is 15.7. The second-order valence-electron chi connectivity index (χ2n) is 6.44. The van der Waals surface area contributed by atoms with Crippen LogP contribution in [0.5, 0.6) is 5.75 Å². The van der Waals surface area contributed by atoms with Crippen molar-refractivity contribution in [3.05, 3.63) is 58.8 Å². The third-order valence-electron chi connectivity index (χ3n) is 4.77. The first-order chi connectivity index (χ1) is 12.1. The highest BCUT2D eigenvalue weighted by Crippen LogP contribution is 2.31. The summed E-state index contributed by atoms with van der Waals surface area (Å²) in [5, 5.41) is 10.7. The number of aromatic hydroxyl groups is 1. The van der Waals surface area contributed by atoms with Crippen LogP contribution in [0.4, 0.5) is 5.69 Å². The van der Waals surface area contributed by atoms with Crippen LogP contribution < -0.4 is 10.3 Å². The van der Waals surface area contributed by atoms with Crippen molar-refractivity contribution in [3.8, 4) is 17.1 Å². The molecular weight excluding hydrogens is 316 g/mol. The van der Waals surface area contributed by atoms with Gasteiger partial charge in [0, 0.05) is 37.4 Å². The molecule has 0 radical (unpaired) electrons. The lowest BCUT2D eigenvalue weighted by molar-refractivity contribution is 0.313. The molecule has 2 heterocycles. The van der Waals surface area contributed by atoms with Crippen molar-refractivity contribution in [3.63, 3.8) is 0 Å². The quantitative estimate of drug-likeness (QED) is 0.780. The number of fused-ring (bicyclic) bond motifs is 1. The zero-order chi connectivity index (χ0) is 17.4. The first-order valence-electron chi connectivity index (χ1n) is 8.42. The summed E-state index contributed by atoms with van der Waals surface area (Å²) in [5.74, 6) is -0.125. The van der Waals surface area contributed by atoms with E-state index in [0.717, 1.165) is 31.9 Å². The normalized spacial score (nSPS) is 15.6. The number of anilines is 1. The summed E-state index contributed by atoms with van der Waals surface area (Å²) in [5.41, 5.74) is 1.90. The maximum Gasteiger partial charge on any atom is 0.235 e. The van der Waals surface area contributed by atoms with Gasteiger partial charge in [0.05, 0.1) is 5.39 Å². The second kappa shape index (κ2) is 6.26. The second-order valence-corrected chi connectivity index (χ2v) is 6.44. The molecule has 5 heteroatoms. The van der Waals surface area contributed by atoms with Crippen LogP contribution in [-0.4, -0.2) is 43.2 Å². The SMILES string of the molecule is CN1CCN(c2ccc(-c3oc4ccccc4c(=O)c3O)cc2)CC1. The largest absolute Gasteiger partial charge is 0.502 e. The molecule has 128 valence electrons. The highest BCUT2D eigenvalue weighted by atomic mass is 16.4. The van der Waals surface area contributed by atoms with Crippen LogP contribution in [0.3, 0.4) is 0 Å². The minimum Gasteiger partial charge on any atom is -0.502 e. The molecule has 0 atom stereocenters. The van der Waals surface area contributed by atoms with E-state index in [2.05, 4.69) is 16.8 Å². The van der Waals surface area contributed by atoms with Crippen molar-refractivity contribution in [2.24, 2.45) is 0 Å². The fourth-order valence-corrected chi connectivity index (χ4v) is 3.22. The minimum absolute atomic E-state index is 0.216. The minimum atomic E-state index is -0.403. The van der Waals surface area contributed by atoms with Crippen LogP contribution >= 0.6 is 0 Å². The summed E-state index contributed by atoms with van der Waals surface area (Å²) < 4.78 is 5.79. The Labute approximate surface area is 145 Å². The zero-order valence-corrected chi connectivity index (χ0v) is 14.1. The maximum atomic E-state index is 12.3. The van der Waals surface area contributed by atoms with Gasteiger partial charge in [-0.2, -0.15) is 0 Å². The fourth-order valence-electron chi connectivity index (χ4n) is 3.22. The molecule has 1 aromatic heterocycles. The molecule has 1 aliphatic rings. The van der Waals surface area contributed by atoms with Crippen LogP contribution in [0.15, 0.2) is 57.7 Å². The average molecular weight is 336 g/mol. The van der Waals surface area contributed by atoms with E-state index in [-0.39, 0.29) is 11.5 Å². The standard InChI is InChI=1S/C20H20N2O3/c1-21-10-12-22(13-11-21)15-8-6-14(7-9-15)20-19(24)18(23)16-4-2-3-5-17(16)25-20/h2-9,24H,10-13H2,1H3. The van der Waals surface area contributed by atoms with E-state index in [4.69, 9.17) is 4.42 Å². The number of nitrogens with zero attached hydrogens (tertiary/aromatic N) is 2. The molecule has 0 bridgehead atoms. The number of benzene rings is 2. The Balaban J connectivity index is 1.70.